The molecule has 0 amide bonds. The second-order valence-corrected chi connectivity index (χ2v) is 6.48. The van der Waals surface area contributed by atoms with Crippen LogP contribution in [0.5, 0.6) is 0 Å². The fourth-order valence-corrected chi connectivity index (χ4v) is 3.48. The Bertz CT molecular complexity index is 588. The van der Waals surface area contributed by atoms with Gasteiger partial charge in [0.05, 0.1) is 17.1 Å². The van der Waals surface area contributed by atoms with Crippen LogP contribution < -0.4 is 0 Å². The maximum Gasteiger partial charge on any atom is 0.243 e. The van der Waals surface area contributed by atoms with Crippen LogP contribution in [0.3, 0.4) is 0 Å². The van der Waals surface area contributed by atoms with Gasteiger partial charge in [0.15, 0.2) is 5.78 Å². The first-order chi connectivity index (χ1) is 8.82. The summed E-state index contributed by atoms with van der Waals surface area (Å²) < 4.78 is 25.6. The smallest absolute Gasteiger partial charge is 0.243 e. The minimum atomic E-state index is -3.80. The molecule has 0 unspecified atom stereocenters. The largest absolute Gasteiger partial charge is 0.389 e. The van der Waals surface area contributed by atoms with Crippen LogP contribution in [0, 0.1) is 0 Å². The standard InChI is InChI=1S/C12H15NO5S/c1-8(14)9-3-2-4-10(5-9)19(17,18)13-6-11(15)12(16)7-13/h2-5,11-12,15-16H,6-7H2,1H3/t11-,12+. The molecule has 19 heavy (non-hydrogen) atoms. The lowest BCUT2D eigenvalue weighted by molar-refractivity contribution is 0.0572. The van der Waals surface area contributed by atoms with Crippen LogP contribution >= 0.6 is 0 Å². The van der Waals surface area contributed by atoms with Crippen LogP contribution in [0.1, 0.15) is 17.3 Å². The van der Waals surface area contributed by atoms with Gasteiger partial charge in [0, 0.05) is 18.7 Å². The van der Waals surface area contributed by atoms with Gasteiger partial charge in [-0.2, -0.15) is 4.31 Å². The molecule has 1 aromatic carbocycles. The molecule has 2 N–H and O–H groups in total. The van der Waals surface area contributed by atoms with Gasteiger partial charge >= 0.3 is 0 Å². The van der Waals surface area contributed by atoms with Crippen LogP contribution in [0.4, 0.5) is 0 Å². The lowest BCUT2D eigenvalue weighted by atomic mass is 10.2. The number of carbonyl (C=O) groups excluding carboxylic acids is 1. The molecule has 2 rings (SSSR count). The fraction of sp³-hybridized carbons (Fsp3) is 0.417. The van der Waals surface area contributed by atoms with Gasteiger partial charge in [-0.15, -0.1) is 0 Å². The third-order valence-electron chi connectivity index (χ3n) is 3.10. The van der Waals surface area contributed by atoms with E-state index < -0.39 is 22.2 Å². The quantitative estimate of drug-likeness (QED) is 0.738. The van der Waals surface area contributed by atoms with Crippen LogP contribution in [0.15, 0.2) is 29.2 Å². The van der Waals surface area contributed by atoms with Crippen molar-refractivity contribution in [2.24, 2.45) is 0 Å². The summed E-state index contributed by atoms with van der Waals surface area (Å²) in [6.07, 6.45) is -2.16. The fourth-order valence-electron chi connectivity index (χ4n) is 1.96. The van der Waals surface area contributed by atoms with E-state index in [0.29, 0.717) is 5.56 Å². The minimum Gasteiger partial charge on any atom is -0.389 e. The van der Waals surface area contributed by atoms with Crippen LogP contribution in [0.25, 0.3) is 0 Å². The molecule has 0 bridgehead atoms. The van der Waals surface area contributed by atoms with Crippen LogP contribution in [-0.2, 0) is 10.0 Å². The number of benzene rings is 1. The van der Waals surface area contributed by atoms with Crippen molar-refractivity contribution >= 4 is 15.8 Å². The van der Waals surface area contributed by atoms with Gasteiger partial charge in [0.25, 0.3) is 0 Å². The van der Waals surface area contributed by atoms with Crippen molar-refractivity contribution in [2.45, 2.75) is 24.0 Å². The summed E-state index contributed by atoms with van der Waals surface area (Å²) in [7, 11) is -3.80. The van der Waals surface area contributed by atoms with Gasteiger partial charge in [-0.3, -0.25) is 4.79 Å². The molecule has 1 heterocycles. The summed E-state index contributed by atoms with van der Waals surface area (Å²) in [5.74, 6) is -0.224. The Kier molecular flexibility index (Phi) is 3.73. The Balaban J connectivity index is 2.35. The number of aliphatic hydroxyl groups excluding tert-OH is 2. The highest BCUT2D eigenvalue weighted by molar-refractivity contribution is 7.89. The zero-order chi connectivity index (χ0) is 14.2. The molecular formula is C12H15NO5S. The Morgan fingerprint density at radius 3 is 2.37 bits per heavy atom. The number of nitrogens with zero attached hydrogens (tertiary/aromatic N) is 1. The summed E-state index contributed by atoms with van der Waals surface area (Å²) in [6, 6.07) is 5.72. The van der Waals surface area contributed by atoms with Crippen molar-refractivity contribution in [3.05, 3.63) is 29.8 Å². The van der Waals surface area contributed by atoms with Gasteiger partial charge in [0.1, 0.15) is 0 Å². The van der Waals surface area contributed by atoms with E-state index in [9.17, 15) is 23.4 Å². The maximum absolute atomic E-state index is 12.3. The number of hydrogen-bond donors (Lipinski definition) is 2. The topological polar surface area (TPSA) is 94.9 Å². The molecule has 1 fully saturated rings. The summed E-state index contributed by atoms with van der Waals surface area (Å²) >= 11 is 0. The predicted octanol–water partition coefficient (Wildman–Crippen LogP) is -0.385. The summed E-state index contributed by atoms with van der Waals surface area (Å²) in [5, 5.41) is 18.8. The first kappa shape index (κ1) is 14.1. The third kappa shape index (κ3) is 2.69. The van der Waals surface area contributed by atoms with Crippen molar-refractivity contribution in [1.82, 2.24) is 4.31 Å². The first-order valence-corrected chi connectivity index (χ1v) is 7.23. The summed E-state index contributed by atoms with van der Waals surface area (Å²) in [6.45, 7) is 1.07. The van der Waals surface area contributed by atoms with Crippen LogP contribution in [0.2, 0.25) is 0 Å². The normalized spacial score (nSPS) is 24.6. The highest BCUT2D eigenvalue weighted by Crippen LogP contribution is 2.22. The molecular weight excluding hydrogens is 270 g/mol. The average molecular weight is 285 g/mol. The Labute approximate surface area is 111 Å². The number of hydrogen-bond acceptors (Lipinski definition) is 5. The molecule has 0 aliphatic carbocycles. The second kappa shape index (κ2) is 5.01. The molecule has 0 aromatic heterocycles. The minimum absolute atomic E-state index is 0.0125. The van der Waals surface area contributed by atoms with E-state index in [1.54, 1.807) is 0 Å². The molecule has 2 atom stereocenters. The second-order valence-electron chi connectivity index (χ2n) is 4.54. The van der Waals surface area contributed by atoms with Crippen molar-refractivity contribution in [3.63, 3.8) is 0 Å². The number of carbonyl (C=O) groups is 1. The maximum atomic E-state index is 12.3. The van der Waals surface area contributed by atoms with E-state index in [1.807, 2.05) is 0 Å². The molecule has 1 aromatic rings. The number of aliphatic hydroxyl groups is 2. The number of β-amino-alcohol motifs (C(OH)–C–C–N with tert-alkyl or cyclic N) is 2. The SMILES string of the molecule is CC(=O)c1cccc(S(=O)(=O)N2C[C@@H](O)[C@@H](O)C2)c1. The van der Waals surface area contributed by atoms with E-state index >= 15 is 0 Å². The molecule has 1 aliphatic rings. The predicted molar refractivity (Wildman–Crippen MR) is 67.2 cm³/mol. The average Bonchev–Trinajstić information content (AvgIpc) is 2.70. The van der Waals surface area contributed by atoms with Gasteiger partial charge < -0.3 is 10.2 Å². The number of sulfonamides is 1. The summed E-state index contributed by atoms with van der Waals surface area (Å²) in [5.41, 5.74) is 0.307. The molecule has 6 nitrogen and oxygen atoms in total. The monoisotopic (exact) mass is 285 g/mol. The van der Waals surface area contributed by atoms with E-state index in [0.717, 1.165) is 4.31 Å². The molecule has 0 spiro atoms. The Hall–Kier alpha value is -1.28. The highest BCUT2D eigenvalue weighted by atomic mass is 32.2. The van der Waals surface area contributed by atoms with Gasteiger partial charge in [-0.1, -0.05) is 12.1 Å². The van der Waals surface area contributed by atoms with Crippen LogP contribution in [-0.4, -0.2) is 54.0 Å². The Morgan fingerprint density at radius 1 is 1.26 bits per heavy atom. The molecule has 0 radical (unpaired) electrons. The van der Waals surface area contributed by atoms with E-state index in [-0.39, 0.29) is 23.8 Å². The number of rotatable bonds is 3. The van der Waals surface area contributed by atoms with Gasteiger partial charge in [-0.05, 0) is 19.1 Å². The lowest BCUT2D eigenvalue weighted by Crippen LogP contribution is -2.30. The first-order valence-electron chi connectivity index (χ1n) is 5.79. The van der Waals surface area contributed by atoms with Crippen molar-refractivity contribution in [2.75, 3.05) is 13.1 Å². The number of Topliss-reactive ketones (excluding diaryl/α,β-unsaturated/α-hetero) is 1. The third-order valence-corrected chi connectivity index (χ3v) is 4.93. The van der Waals surface area contributed by atoms with Crippen molar-refractivity contribution in [3.8, 4) is 0 Å². The van der Waals surface area contributed by atoms with Gasteiger partial charge in [0.2, 0.25) is 10.0 Å². The zero-order valence-corrected chi connectivity index (χ0v) is 11.2. The van der Waals surface area contributed by atoms with Gasteiger partial charge in [-0.25, -0.2) is 8.42 Å². The van der Waals surface area contributed by atoms with Crippen molar-refractivity contribution in [1.29, 1.82) is 0 Å². The van der Waals surface area contributed by atoms with E-state index in [2.05, 4.69) is 0 Å². The van der Waals surface area contributed by atoms with E-state index in [4.69, 9.17) is 0 Å². The highest BCUT2D eigenvalue weighted by Gasteiger charge is 2.37. The molecule has 104 valence electrons. The lowest BCUT2D eigenvalue weighted by Gasteiger charge is -2.15. The zero-order valence-electron chi connectivity index (χ0n) is 10.4. The summed E-state index contributed by atoms with van der Waals surface area (Å²) in [4.78, 5) is 11.2. The molecule has 1 aliphatic heterocycles. The number of ketones is 1. The van der Waals surface area contributed by atoms with E-state index in [1.165, 1.54) is 31.2 Å². The molecule has 0 saturated carbocycles. The van der Waals surface area contributed by atoms with Crippen molar-refractivity contribution < 1.29 is 23.4 Å². The molecule has 1 saturated heterocycles. The Morgan fingerprint density at radius 2 is 1.84 bits per heavy atom. The molecule has 7 heteroatoms.